The van der Waals surface area contributed by atoms with E-state index in [0.29, 0.717) is 6.54 Å². The van der Waals surface area contributed by atoms with Gasteiger partial charge in [-0.3, -0.25) is 14.5 Å². The smallest absolute Gasteiger partial charge is 0.228 e. The summed E-state index contributed by atoms with van der Waals surface area (Å²) in [7, 11) is 0. The predicted octanol–water partition coefficient (Wildman–Crippen LogP) is 3.27. The lowest BCUT2D eigenvalue weighted by molar-refractivity contribution is -0.123. The van der Waals surface area contributed by atoms with Gasteiger partial charge in [0.05, 0.1) is 5.92 Å². The summed E-state index contributed by atoms with van der Waals surface area (Å²) >= 11 is 0. The van der Waals surface area contributed by atoms with Crippen molar-refractivity contribution in [3.63, 3.8) is 0 Å². The van der Waals surface area contributed by atoms with Crippen LogP contribution >= 0.6 is 0 Å². The monoisotopic (exact) mass is 395 g/mol. The molecule has 2 fully saturated rings. The fourth-order valence-electron chi connectivity index (χ4n) is 4.18. The van der Waals surface area contributed by atoms with Gasteiger partial charge in [-0.05, 0) is 67.1 Å². The van der Waals surface area contributed by atoms with E-state index in [1.54, 1.807) is 12.1 Å². The molecule has 2 aliphatic rings. The van der Waals surface area contributed by atoms with E-state index in [0.717, 1.165) is 49.2 Å². The van der Waals surface area contributed by atoms with Gasteiger partial charge in [0.1, 0.15) is 5.82 Å². The third kappa shape index (κ3) is 4.82. The van der Waals surface area contributed by atoms with Gasteiger partial charge in [0.2, 0.25) is 11.8 Å². The lowest BCUT2D eigenvalue weighted by Crippen LogP contribution is -2.40. The number of amides is 2. The van der Waals surface area contributed by atoms with Crippen LogP contribution in [-0.2, 0) is 16.1 Å². The number of hydrogen-bond donors (Lipinski definition) is 2. The summed E-state index contributed by atoms with van der Waals surface area (Å²) < 4.78 is 13.0. The molecule has 1 saturated heterocycles. The Morgan fingerprint density at radius 3 is 2.52 bits per heavy atom. The highest BCUT2D eigenvalue weighted by Crippen LogP contribution is 2.48. The lowest BCUT2D eigenvalue weighted by Gasteiger charge is -2.31. The predicted molar refractivity (Wildman–Crippen MR) is 110 cm³/mol. The van der Waals surface area contributed by atoms with Crippen LogP contribution in [0.1, 0.15) is 36.3 Å². The Hall–Kier alpha value is -2.73. The fraction of sp³-hybridized carbons (Fsp3) is 0.391. The van der Waals surface area contributed by atoms with Crippen LogP contribution in [0.2, 0.25) is 0 Å². The first-order valence-electron chi connectivity index (χ1n) is 10.2. The number of rotatable bonds is 6. The molecule has 3 N–H and O–H groups in total. The minimum atomic E-state index is -0.259. The number of carbonyl (C=O) groups is 2. The molecule has 3 unspecified atom stereocenters. The van der Waals surface area contributed by atoms with E-state index < -0.39 is 0 Å². The molecule has 2 aromatic carbocycles. The molecule has 29 heavy (non-hydrogen) atoms. The summed E-state index contributed by atoms with van der Waals surface area (Å²) in [4.78, 5) is 26.2. The van der Waals surface area contributed by atoms with Crippen LogP contribution in [0.15, 0.2) is 48.5 Å². The topological polar surface area (TPSA) is 75.4 Å². The van der Waals surface area contributed by atoms with Crippen molar-refractivity contribution >= 4 is 17.5 Å². The second-order valence-corrected chi connectivity index (χ2v) is 8.16. The molecule has 152 valence electrons. The van der Waals surface area contributed by atoms with Crippen molar-refractivity contribution in [3.05, 3.63) is 65.5 Å². The molecule has 4 rings (SSSR count). The zero-order valence-corrected chi connectivity index (χ0v) is 16.3. The van der Waals surface area contributed by atoms with Crippen molar-refractivity contribution in [2.45, 2.75) is 31.7 Å². The first-order chi connectivity index (χ1) is 14.0. The van der Waals surface area contributed by atoms with Gasteiger partial charge in [-0.1, -0.05) is 24.3 Å². The quantitative estimate of drug-likeness (QED) is 0.788. The molecule has 3 atom stereocenters. The van der Waals surface area contributed by atoms with E-state index >= 15 is 0 Å². The Labute approximate surface area is 170 Å². The first kappa shape index (κ1) is 19.6. The molecule has 1 saturated carbocycles. The van der Waals surface area contributed by atoms with Crippen molar-refractivity contribution < 1.29 is 14.0 Å². The fourth-order valence-corrected chi connectivity index (χ4v) is 4.18. The molecular formula is C23H26FN3O2. The van der Waals surface area contributed by atoms with E-state index in [4.69, 9.17) is 5.73 Å². The lowest BCUT2D eigenvalue weighted by atomic mass is 9.97. The molecule has 1 heterocycles. The number of piperidine rings is 1. The zero-order valence-electron chi connectivity index (χ0n) is 16.3. The molecule has 0 radical (unpaired) electrons. The van der Waals surface area contributed by atoms with Crippen LogP contribution in [0.5, 0.6) is 0 Å². The minimum Gasteiger partial charge on any atom is -0.369 e. The van der Waals surface area contributed by atoms with Gasteiger partial charge in [-0.2, -0.15) is 0 Å². The Bertz CT molecular complexity index is 882. The van der Waals surface area contributed by atoms with Gasteiger partial charge in [0.15, 0.2) is 0 Å². The highest BCUT2D eigenvalue weighted by molar-refractivity contribution is 5.95. The Morgan fingerprint density at radius 2 is 1.83 bits per heavy atom. The normalized spacial score (nSPS) is 24.1. The maximum atomic E-state index is 13.0. The average molecular weight is 395 g/mol. The number of carbonyl (C=O) groups excluding carboxylic acids is 2. The molecule has 1 aliphatic heterocycles. The molecule has 0 spiro atoms. The third-order valence-electron chi connectivity index (χ3n) is 5.96. The highest BCUT2D eigenvalue weighted by atomic mass is 19.1. The molecule has 0 bridgehead atoms. The summed E-state index contributed by atoms with van der Waals surface area (Å²) in [5, 5.41) is 2.98. The summed E-state index contributed by atoms with van der Waals surface area (Å²) in [6, 6.07) is 14.2. The second-order valence-electron chi connectivity index (χ2n) is 8.16. The van der Waals surface area contributed by atoms with Crippen molar-refractivity contribution in [2.75, 3.05) is 18.4 Å². The Morgan fingerprint density at radius 1 is 1.10 bits per heavy atom. The van der Waals surface area contributed by atoms with Crippen molar-refractivity contribution in [1.82, 2.24) is 4.90 Å². The van der Waals surface area contributed by atoms with Gasteiger partial charge in [-0.15, -0.1) is 0 Å². The summed E-state index contributed by atoms with van der Waals surface area (Å²) in [6.07, 6.45) is 2.65. The molecule has 5 nitrogen and oxygen atoms in total. The molecule has 2 amide bonds. The van der Waals surface area contributed by atoms with Gasteiger partial charge in [-0.25, -0.2) is 4.39 Å². The van der Waals surface area contributed by atoms with Crippen LogP contribution in [-0.4, -0.2) is 29.8 Å². The number of halogens is 1. The van der Waals surface area contributed by atoms with Crippen molar-refractivity contribution in [1.29, 1.82) is 0 Å². The highest BCUT2D eigenvalue weighted by Gasteiger charge is 2.43. The summed E-state index contributed by atoms with van der Waals surface area (Å²) in [5.41, 5.74) is 8.38. The van der Waals surface area contributed by atoms with Crippen LogP contribution in [0, 0.1) is 17.7 Å². The standard InChI is InChI=1S/C23H26FN3O2/c24-18-7-5-16(6-8-18)20-12-21(20)23(29)26-19-9-3-15(4-10-19)13-27-11-1-2-17(14-27)22(25)28/h3-10,17,20-21H,1-2,11-14H2,(H2,25,28)(H,26,29). The van der Waals surface area contributed by atoms with Crippen LogP contribution in [0.4, 0.5) is 10.1 Å². The van der Waals surface area contributed by atoms with Crippen LogP contribution in [0.3, 0.4) is 0 Å². The van der Waals surface area contributed by atoms with Crippen molar-refractivity contribution in [2.24, 2.45) is 17.6 Å². The number of nitrogens with one attached hydrogen (secondary N) is 1. The number of anilines is 1. The maximum absolute atomic E-state index is 13.0. The van der Waals surface area contributed by atoms with E-state index in [9.17, 15) is 14.0 Å². The van der Waals surface area contributed by atoms with E-state index in [2.05, 4.69) is 10.2 Å². The van der Waals surface area contributed by atoms with Crippen molar-refractivity contribution in [3.8, 4) is 0 Å². The van der Waals surface area contributed by atoms with E-state index in [1.807, 2.05) is 24.3 Å². The molecule has 2 aromatic rings. The maximum Gasteiger partial charge on any atom is 0.228 e. The largest absolute Gasteiger partial charge is 0.369 e. The average Bonchev–Trinajstić information content (AvgIpc) is 3.51. The van der Waals surface area contributed by atoms with E-state index in [1.165, 1.54) is 12.1 Å². The number of nitrogens with zero attached hydrogens (tertiary/aromatic N) is 1. The SMILES string of the molecule is NC(=O)C1CCCN(Cc2ccc(NC(=O)C3CC3c3ccc(F)cc3)cc2)C1. The zero-order chi connectivity index (χ0) is 20.4. The van der Waals surface area contributed by atoms with Gasteiger partial charge in [0.25, 0.3) is 0 Å². The first-order valence-corrected chi connectivity index (χ1v) is 10.2. The van der Waals surface area contributed by atoms with E-state index in [-0.39, 0.29) is 35.4 Å². The van der Waals surface area contributed by atoms with Gasteiger partial charge >= 0.3 is 0 Å². The minimum absolute atomic E-state index is 0.00686. The molecule has 6 heteroatoms. The summed E-state index contributed by atoms with van der Waals surface area (Å²) in [5.74, 6) is -0.411. The number of benzene rings is 2. The number of nitrogens with two attached hydrogens (primary N) is 1. The second kappa shape index (κ2) is 8.33. The van der Waals surface area contributed by atoms with Gasteiger partial charge in [0, 0.05) is 24.7 Å². The van der Waals surface area contributed by atoms with Gasteiger partial charge < -0.3 is 11.1 Å². The molecular weight excluding hydrogens is 369 g/mol. The number of likely N-dealkylation sites (tertiary alicyclic amines) is 1. The Kier molecular flexibility index (Phi) is 5.62. The van der Waals surface area contributed by atoms with Crippen LogP contribution in [0.25, 0.3) is 0 Å². The molecule has 1 aliphatic carbocycles. The number of primary amides is 1. The summed E-state index contributed by atoms with van der Waals surface area (Å²) in [6.45, 7) is 2.45. The van der Waals surface area contributed by atoms with Crippen LogP contribution < -0.4 is 11.1 Å². The molecule has 0 aromatic heterocycles. The number of hydrogen-bond acceptors (Lipinski definition) is 3. The Balaban J connectivity index is 1.29. The third-order valence-corrected chi connectivity index (χ3v) is 5.96.